The molecule has 0 fully saturated rings. The smallest absolute Gasteiger partial charge is 0.137 e. The van der Waals surface area contributed by atoms with Crippen LogP contribution in [-0.2, 0) is 0 Å². The fraction of sp³-hybridized carbons (Fsp3) is 0. The molecule has 11 aromatic rings. The van der Waals surface area contributed by atoms with E-state index in [0.29, 0.717) is 0 Å². The van der Waals surface area contributed by atoms with Gasteiger partial charge in [0, 0.05) is 42.0 Å². The van der Waals surface area contributed by atoms with Crippen molar-refractivity contribution >= 4 is 103 Å². The van der Waals surface area contributed by atoms with Crippen molar-refractivity contribution in [1.82, 2.24) is 4.57 Å². The van der Waals surface area contributed by atoms with E-state index in [0.717, 1.165) is 50.2 Å². The summed E-state index contributed by atoms with van der Waals surface area (Å²) in [5.74, 6) is 0. The highest BCUT2D eigenvalue weighted by Crippen LogP contribution is 2.51. The van der Waals surface area contributed by atoms with Crippen LogP contribution in [0.25, 0.3) is 80.4 Å². The molecule has 0 amide bonds. The summed E-state index contributed by atoms with van der Waals surface area (Å²) in [5, 5.41) is 9.53. The predicted molar refractivity (Wildman–Crippen MR) is 213 cm³/mol. The number of hydrogen-bond donors (Lipinski definition) is 0. The van der Waals surface area contributed by atoms with Crippen LogP contribution in [0.4, 0.5) is 17.1 Å². The number of aromatic nitrogens is 1. The maximum atomic E-state index is 6.66. The Hall–Kier alpha value is -6.36. The van der Waals surface area contributed by atoms with Gasteiger partial charge in [0.15, 0.2) is 0 Å². The van der Waals surface area contributed by atoms with Crippen molar-refractivity contribution in [3.8, 4) is 5.69 Å². The number of benzene rings is 8. The van der Waals surface area contributed by atoms with E-state index in [-0.39, 0.29) is 0 Å². The number of furan rings is 1. The first-order chi connectivity index (χ1) is 24.8. The lowest BCUT2D eigenvalue weighted by Crippen LogP contribution is -2.11. The normalized spacial score (nSPS) is 12.0. The van der Waals surface area contributed by atoms with E-state index in [1.807, 2.05) is 11.3 Å². The van der Waals surface area contributed by atoms with Gasteiger partial charge in [0.05, 0.1) is 33.5 Å². The Morgan fingerprint density at radius 1 is 0.420 bits per heavy atom. The van der Waals surface area contributed by atoms with Crippen molar-refractivity contribution in [1.29, 1.82) is 0 Å². The van der Waals surface area contributed by atoms with Crippen molar-refractivity contribution in [2.45, 2.75) is 0 Å². The molecule has 3 nitrogen and oxygen atoms in total. The molecule has 0 saturated carbocycles. The highest BCUT2D eigenvalue weighted by atomic mass is 32.1. The molecule has 0 N–H and O–H groups in total. The fourth-order valence-electron chi connectivity index (χ4n) is 8.05. The van der Waals surface area contributed by atoms with Crippen LogP contribution in [0.2, 0.25) is 0 Å². The zero-order valence-corrected chi connectivity index (χ0v) is 27.7. The summed E-state index contributed by atoms with van der Waals surface area (Å²) in [6.45, 7) is 0. The number of anilines is 3. The van der Waals surface area contributed by atoms with Gasteiger partial charge in [-0.25, -0.2) is 0 Å². The summed E-state index contributed by atoms with van der Waals surface area (Å²) in [5.41, 5.74) is 8.61. The average molecular weight is 657 g/mol. The van der Waals surface area contributed by atoms with E-state index in [1.54, 1.807) is 0 Å². The molecule has 0 aliphatic rings. The SMILES string of the molecule is c1ccc(-n2c3ccccc3c3c(N(c4cccc5oc6cc7ccccc7cc6c45)c4cccc5sc6ccccc6c45)cccc32)cc1. The lowest BCUT2D eigenvalue weighted by molar-refractivity contribution is 0.669. The van der Waals surface area contributed by atoms with Crippen molar-refractivity contribution in [2.24, 2.45) is 0 Å². The summed E-state index contributed by atoms with van der Waals surface area (Å²) in [7, 11) is 0. The van der Waals surface area contributed by atoms with Gasteiger partial charge in [0.25, 0.3) is 0 Å². The van der Waals surface area contributed by atoms with E-state index < -0.39 is 0 Å². The van der Waals surface area contributed by atoms with Gasteiger partial charge >= 0.3 is 0 Å². The highest BCUT2D eigenvalue weighted by molar-refractivity contribution is 7.26. The minimum atomic E-state index is 0.874. The third-order valence-electron chi connectivity index (χ3n) is 10.1. The third kappa shape index (κ3) is 3.91. The zero-order valence-electron chi connectivity index (χ0n) is 26.9. The molecule has 0 saturated heterocycles. The lowest BCUT2D eigenvalue weighted by Gasteiger charge is -2.28. The molecular weight excluding hydrogens is 629 g/mol. The highest BCUT2D eigenvalue weighted by Gasteiger charge is 2.26. The van der Waals surface area contributed by atoms with Crippen LogP contribution in [0.1, 0.15) is 0 Å². The monoisotopic (exact) mass is 656 g/mol. The number of nitrogens with zero attached hydrogens (tertiary/aromatic N) is 2. The van der Waals surface area contributed by atoms with E-state index in [1.165, 1.54) is 47.2 Å². The first kappa shape index (κ1) is 27.6. The molecule has 4 heteroatoms. The van der Waals surface area contributed by atoms with Gasteiger partial charge in [-0.15, -0.1) is 11.3 Å². The molecule has 0 radical (unpaired) electrons. The van der Waals surface area contributed by atoms with E-state index in [4.69, 9.17) is 4.42 Å². The molecule has 0 atom stereocenters. The van der Waals surface area contributed by atoms with Crippen LogP contribution in [0.15, 0.2) is 174 Å². The third-order valence-corrected chi connectivity index (χ3v) is 11.3. The number of thiophene rings is 1. The summed E-state index contributed by atoms with van der Waals surface area (Å²) in [4.78, 5) is 2.50. The van der Waals surface area contributed by atoms with Crippen LogP contribution in [0.5, 0.6) is 0 Å². The van der Waals surface area contributed by atoms with Crippen molar-refractivity contribution < 1.29 is 4.42 Å². The Balaban J connectivity index is 1.32. The molecule has 3 aromatic heterocycles. The fourth-order valence-corrected chi connectivity index (χ4v) is 9.18. The molecule has 11 rings (SSSR count). The minimum absolute atomic E-state index is 0.874. The predicted octanol–water partition coefficient (Wildman–Crippen LogP) is 13.7. The summed E-state index contributed by atoms with van der Waals surface area (Å²) in [6, 6.07) is 61.2. The largest absolute Gasteiger partial charge is 0.456 e. The molecule has 234 valence electrons. The number of rotatable bonds is 4. The van der Waals surface area contributed by atoms with Crippen LogP contribution in [0.3, 0.4) is 0 Å². The second-order valence-electron chi connectivity index (χ2n) is 12.9. The summed E-state index contributed by atoms with van der Waals surface area (Å²) < 4.78 is 11.6. The first-order valence-electron chi connectivity index (χ1n) is 16.9. The van der Waals surface area contributed by atoms with Crippen LogP contribution < -0.4 is 4.90 Å². The van der Waals surface area contributed by atoms with Crippen molar-refractivity contribution in [2.75, 3.05) is 4.90 Å². The molecule has 0 bridgehead atoms. The molecule has 50 heavy (non-hydrogen) atoms. The van der Waals surface area contributed by atoms with E-state index in [9.17, 15) is 0 Å². The quantitative estimate of drug-likeness (QED) is 0.188. The lowest BCUT2D eigenvalue weighted by atomic mass is 10.0. The number of hydrogen-bond acceptors (Lipinski definition) is 3. The topological polar surface area (TPSA) is 21.3 Å². The maximum Gasteiger partial charge on any atom is 0.137 e. The van der Waals surface area contributed by atoms with Crippen LogP contribution >= 0.6 is 11.3 Å². The standard InChI is InChI=1S/C46H28N2OS/c1-2-15-31(16-3-1)47-35-19-8-6-17-32(35)44-36(47)20-10-21-37(44)48(39-23-12-26-43-46(39)33-18-7-9-25-42(33)50-43)38-22-11-24-40-45(38)34-27-29-13-4-5-14-30(29)28-41(34)49-40/h1-28H. The Morgan fingerprint density at radius 3 is 1.90 bits per heavy atom. The van der Waals surface area contributed by atoms with Crippen molar-refractivity contribution in [3.63, 3.8) is 0 Å². The number of fused-ring (bicyclic) bond motifs is 10. The Labute approximate surface area is 291 Å². The maximum absolute atomic E-state index is 6.66. The molecule has 0 unspecified atom stereocenters. The van der Waals surface area contributed by atoms with Gasteiger partial charge in [0.2, 0.25) is 0 Å². The van der Waals surface area contributed by atoms with E-state index >= 15 is 0 Å². The molecule has 0 aliphatic heterocycles. The second-order valence-corrected chi connectivity index (χ2v) is 14.0. The van der Waals surface area contributed by atoms with E-state index in [2.05, 4.69) is 179 Å². The second kappa shape index (κ2) is 10.6. The first-order valence-corrected chi connectivity index (χ1v) is 17.8. The molecule has 8 aromatic carbocycles. The average Bonchev–Trinajstić information content (AvgIpc) is 3.84. The molecule has 3 heterocycles. The Kier molecular flexibility index (Phi) is 5.83. The zero-order chi connectivity index (χ0) is 32.8. The van der Waals surface area contributed by atoms with Gasteiger partial charge in [0.1, 0.15) is 11.2 Å². The Bertz CT molecular complexity index is 3110. The molecular formula is C46H28N2OS. The minimum Gasteiger partial charge on any atom is -0.456 e. The molecule has 0 aliphatic carbocycles. The summed E-state index contributed by atoms with van der Waals surface area (Å²) in [6.07, 6.45) is 0. The van der Waals surface area contributed by atoms with Gasteiger partial charge in [-0.1, -0.05) is 97.1 Å². The Morgan fingerprint density at radius 2 is 1.04 bits per heavy atom. The van der Waals surface area contributed by atoms with Gasteiger partial charge in [-0.2, -0.15) is 0 Å². The molecule has 0 spiro atoms. The summed E-state index contributed by atoms with van der Waals surface area (Å²) >= 11 is 1.85. The van der Waals surface area contributed by atoms with Gasteiger partial charge < -0.3 is 13.9 Å². The van der Waals surface area contributed by atoms with Crippen molar-refractivity contribution in [3.05, 3.63) is 170 Å². The number of para-hydroxylation sites is 2. The van der Waals surface area contributed by atoms with Gasteiger partial charge in [-0.05, 0) is 83.6 Å². The van der Waals surface area contributed by atoms with Crippen LogP contribution in [0, 0.1) is 0 Å². The van der Waals surface area contributed by atoms with Gasteiger partial charge in [-0.3, -0.25) is 0 Å². The van der Waals surface area contributed by atoms with Crippen LogP contribution in [-0.4, -0.2) is 4.57 Å².